The number of hydrogen-bond donors (Lipinski definition) is 2. The van der Waals surface area contributed by atoms with Crippen LogP contribution in [0.1, 0.15) is 30.5 Å². The van der Waals surface area contributed by atoms with Crippen LogP contribution >= 0.6 is 11.6 Å². The number of likely N-dealkylation sites (N-methyl/N-ethyl adjacent to an activating group) is 1. The molecule has 7 heteroatoms. The fourth-order valence-corrected chi connectivity index (χ4v) is 4.90. The lowest BCUT2D eigenvalue weighted by molar-refractivity contribution is -0.110. The Morgan fingerprint density at radius 1 is 1.08 bits per heavy atom. The molecule has 0 bridgehead atoms. The quantitative estimate of drug-likeness (QED) is 0.391. The van der Waals surface area contributed by atoms with E-state index in [2.05, 4.69) is 71.7 Å². The molecule has 1 amide bonds. The predicted octanol–water partition coefficient (Wildman–Crippen LogP) is 5.94. The van der Waals surface area contributed by atoms with Gasteiger partial charge >= 0.3 is 0 Å². The van der Waals surface area contributed by atoms with Crippen molar-refractivity contribution < 1.29 is 9.53 Å². The average molecular weight is 503 g/mol. The first-order valence-corrected chi connectivity index (χ1v) is 12.8. The third-order valence-corrected chi connectivity index (χ3v) is 7.08. The van der Waals surface area contributed by atoms with Gasteiger partial charge in [-0.25, -0.2) is 0 Å². The summed E-state index contributed by atoms with van der Waals surface area (Å²) < 4.78 is 5.97. The fourth-order valence-electron chi connectivity index (χ4n) is 4.73. The van der Waals surface area contributed by atoms with E-state index in [1.807, 2.05) is 24.3 Å². The van der Waals surface area contributed by atoms with E-state index in [0.29, 0.717) is 22.9 Å². The van der Waals surface area contributed by atoms with Crippen molar-refractivity contribution in [3.8, 4) is 5.75 Å². The molecule has 0 atom stereocenters. The highest BCUT2D eigenvalue weighted by Gasteiger charge is 2.29. The maximum absolute atomic E-state index is 13.2. The molecule has 0 aromatic heterocycles. The highest BCUT2D eigenvalue weighted by molar-refractivity contribution is 6.38. The Kier molecular flexibility index (Phi) is 6.90. The van der Waals surface area contributed by atoms with Gasteiger partial charge < -0.3 is 20.3 Å². The van der Waals surface area contributed by atoms with Crippen LogP contribution in [0.2, 0.25) is 5.02 Å². The lowest BCUT2D eigenvalue weighted by Crippen LogP contribution is -2.28. The molecular formula is C29H31ClN4O2. The summed E-state index contributed by atoms with van der Waals surface area (Å²) >= 11 is 6.20. The van der Waals surface area contributed by atoms with Crippen LogP contribution in [-0.2, 0) is 11.3 Å². The third-order valence-electron chi connectivity index (χ3n) is 6.84. The maximum Gasteiger partial charge on any atom is 0.258 e. The number of carbonyl (C=O) groups is 1. The molecule has 5 rings (SSSR count). The Morgan fingerprint density at radius 2 is 1.86 bits per heavy atom. The first kappa shape index (κ1) is 24.2. The minimum atomic E-state index is -0.163. The average Bonchev–Trinajstić information content (AvgIpc) is 3.21. The van der Waals surface area contributed by atoms with E-state index >= 15 is 0 Å². The van der Waals surface area contributed by atoms with Crippen molar-refractivity contribution in [2.45, 2.75) is 20.4 Å². The molecule has 0 radical (unpaired) electrons. The number of amides is 1. The SMILES string of the molecule is CCN(CC)Cc1ccc(N/C(=C2\C(=O)Nc3cc(Cl)ccc32)c2ccc3c(c2)OCCN3C)cc1. The second-order valence-electron chi connectivity index (χ2n) is 9.13. The van der Waals surface area contributed by atoms with Crippen molar-refractivity contribution in [2.75, 3.05) is 48.8 Å². The highest BCUT2D eigenvalue weighted by Crippen LogP contribution is 2.41. The predicted molar refractivity (Wildman–Crippen MR) is 149 cm³/mol. The molecule has 2 N–H and O–H groups in total. The smallest absolute Gasteiger partial charge is 0.258 e. The van der Waals surface area contributed by atoms with E-state index in [0.717, 1.165) is 60.1 Å². The Labute approximate surface area is 217 Å². The number of nitrogens with one attached hydrogen (secondary N) is 2. The topological polar surface area (TPSA) is 56.8 Å². The van der Waals surface area contributed by atoms with E-state index in [-0.39, 0.29) is 5.91 Å². The number of fused-ring (bicyclic) bond motifs is 2. The van der Waals surface area contributed by atoms with Gasteiger partial charge in [-0.15, -0.1) is 0 Å². The van der Waals surface area contributed by atoms with Crippen LogP contribution < -0.4 is 20.3 Å². The zero-order valence-electron chi connectivity index (χ0n) is 20.9. The lowest BCUT2D eigenvalue weighted by Gasteiger charge is -2.28. The number of anilines is 3. The van der Waals surface area contributed by atoms with Crippen LogP contribution in [0.5, 0.6) is 5.75 Å². The van der Waals surface area contributed by atoms with E-state index in [4.69, 9.17) is 16.3 Å². The molecule has 3 aromatic rings. The van der Waals surface area contributed by atoms with Crippen LogP contribution in [0, 0.1) is 0 Å². The normalized spacial score (nSPS) is 15.8. The van der Waals surface area contributed by atoms with Gasteiger partial charge in [-0.05, 0) is 55.1 Å². The van der Waals surface area contributed by atoms with Crippen molar-refractivity contribution in [3.63, 3.8) is 0 Å². The van der Waals surface area contributed by atoms with Crippen LogP contribution in [-0.4, -0.2) is 44.1 Å². The van der Waals surface area contributed by atoms with Crippen LogP contribution in [0.3, 0.4) is 0 Å². The summed E-state index contributed by atoms with van der Waals surface area (Å²) in [7, 11) is 2.06. The molecule has 186 valence electrons. The molecule has 0 saturated carbocycles. The van der Waals surface area contributed by atoms with Crippen LogP contribution in [0.15, 0.2) is 60.7 Å². The number of hydrogen-bond acceptors (Lipinski definition) is 5. The van der Waals surface area contributed by atoms with E-state index in [9.17, 15) is 4.79 Å². The van der Waals surface area contributed by atoms with Crippen LogP contribution in [0.4, 0.5) is 17.1 Å². The maximum atomic E-state index is 13.2. The van der Waals surface area contributed by atoms with Crippen molar-refractivity contribution in [1.29, 1.82) is 0 Å². The molecule has 0 unspecified atom stereocenters. The molecule has 0 aliphatic carbocycles. The first-order valence-electron chi connectivity index (χ1n) is 12.4. The van der Waals surface area contributed by atoms with Gasteiger partial charge in [-0.3, -0.25) is 9.69 Å². The molecule has 36 heavy (non-hydrogen) atoms. The van der Waals surface area contributed by atoms with Gasteiger partial charge in [0.1, 0.15) is 12.4 Å². The lowest BCUT2D eigenvalue weighted by atomic mass is 9.99. The molecule has 3 aromatic carbocycles. The van der Waals surface area contributed by atoms with Crippen molar-refractivity contribution in [2.24, 2.45) is 0 Å². The standard InChI is InChI=1S/C29H31ClN4O2/c1-4-34(5-2)18-19-6-10-22(11-7-19)31-28(20-8-13-25-26(16-20)36-15-14-33(25)3)27-23-12-9-21(30)17-24(23)32-29(27)35/h6-13,16-17,31H,4-5,14-15,18H2,1-3H3,(H,32,35)/b28-27-. The fraction of sp³-hybridized carbons (Fsp3) is 0.276. The monoisotopic (exact) mass is 502 g/mol. The summed E-state index contributed by atoms with van der Waals surface area (Å²) in [5, 5.41) is 7.11. The highest BCUT2D eigenvalue weighted by atomic mass is 35.5. The number of carbonyl (C=O) groups excluding carboxylic acids is 1. The summed E-state index contributed by atoms with van der Waals surface area (Å²) in [6, 6.07) is 20.0. The number of nitrogens with zero attached hydrogens (tertiary/aromatic N) is 2. The number of rotatable bonds is 7. The molecular weight excluding hydrogens is 472 g/mol. The van der Waals surface area contributed by atoms with Gasteiger partial charge in [0.2, 0.25) is 0 Å². The Balaban J connectivity index is 1.57. The third kappa shape index (κ3) is 4.79. The summed E-state index contributed by atoms with van der Waals surface area (Å²) in [5.74, 6) is 0.647. The van der Waals surface area contributed by atoms with Crippen molar-refractivity contribution in [3.05, 3.63) is 82.4 Å². The van der Waals surface area contributed by atoms with Crippen LogP contribution in [0.25, 0.3) is 11.3 Å². The largest absolute Gasteiger partial charge is 0.490 e. The molecule has 0 saturated heterocycles. The van der Waals surface area contributed by atoms with Gasteiger partial charge in [0.05, 0.1) is 29.2 Å². The molecule has 0 fully saturated rings. The Hall–Kier alpha value is -3.48. The van der Waals surface area contributed by atoms with Gasteiger partial charge in [0.15, 0.2) is 0 Å². The summed E-state index contributed by atoms with van der Waals surface area (Å²) in [6.45, 7) is 8.76. The molecule has 2 heterocycles. The second-order valence-corrected chi connectivity index (χ2v) is 9.57. The van der Waals surface area contributed by atoms with E-state index in [1.54, 1.807) is 6.07 Å². The second kappa shape index (κ2) is 10.2. The molecule has 0 spiro atoms. The molecule has 2 aliphatic rings. The van der Waals surface area contributed by atoms with Gasteiger partial charge in [0, 0.05) is 35.4 Å². The Morgan fingerprint density at radius 3 is 2.61 bits per heavy atom. The zero-order chi connectivity index (χ0) is 25.2. The summed E-state index contributed by atoms with van der Waals surface area (Å²) in [5.41, 5.74) is 6.92. The Bertz CT molecular complexity index is 1320. The van der Waals surface area contributed by atoms with E-state index in [1.165, 1.54) is 5.56 Å². The summed E-state index contributed by atoms with van der Waals surface area (Å²) in [4.78, 5) is 17.8. The van der Waals surface area contributed by atoms with Crippen molar-refractivity contribution >= 4 is 45.8 Å². The molecule has 6 nitrogen and oxygen atoms in total. The van der Waals surface area contributed by atoms with E-state index < -0.39 is 0 Å². The van der Waals surface area contributed by atoms with Gasteiger partial charge in [-0.2, -0.15) is 0 Å². The number of halogens is 1. The number of benzene rings is 3. The van der Waals surface area contributed by atoms with Gasteiger partial charge in [0.25, 0.3) is 5.91 Å². The minimum Gasteiger partial charge on any atom is -0.490 e. The van der Waals surface area contributed by atoms with Gasteiger partial charge in [-0.1, -0.05) is 49.7 Å². The first-order chi connectivity index (χ1) is 17.5. The number of ether oxygens (including phenoxy) is 1. The minimum absolute atomic E-state index is 0.163. The summed E-state index contributed by atoms with van der Waals surface area (Å²) in [6.07, 6.45) is 0. The van der Waals surface area contributed by atoms with Crippen molar-refractivity contribution in [1.82, 2.24) is 4.90 Å². The zero-order valence-corrected chi connectivity index (χ0v) is 21.7. The molecule has 2 aliphatic heterocycles.